The topological polar surface area (TPSA) is 135 Å². The second kappa shape index (κ2) is 33.3. The lowest BCUT2D eigenvalue weighted by Crippen LogP contribution is -2.59. The van der Waals surface area contributed by atoms with E-state index < -0.39 is 43.4 Å². The van der Waals surface area contributed by atoms with Gasteiger partial charge in [0.05, 0.1) is 19.8 Å². The van der Waals surface area contributed by atoms with Crippen LogP contribution in [0.3, 0.4) is 0 Å². The Bertz CT molecular complexity index is 859. The van der Waals surface area contributed by atoms with Crippen LogP contribution in [-0.4, -0.2) is 89.6 Å². The first-order valence-electron chi connectivity index (χ1n) is 20.1. The molecule has 4 N–H and O–H groups in total. The van der Waals surface area contributed by atoms with Gasteiger partial charge in [0.2, 0.25) is 0 Å². The van der Waals surface area contributed by atoms with Crippen LogP contribution in [0, 0.1) is 0 Å². The van der Waals surface area contributed by atoms with Crippen molar-refractivity contribution < 1.29 is 44.2 Å². The van der Waals surface area contributed by atoms with Gasteiger partial charge in [-0.2, -0.15) is 0 Å². The number of unbranched alkanes of at least 4 members (excludes halogenated alkanes) is 16. The van der Waals surface area contributed by atoms with E-state index in [-0.39, 0.29) is 19.2 Å². The second-order valence-corrected chi connectivity index (χ2v) is 13.7. The summed E-state index contributed by atoms with van der Waals surface area (Å²) in [5.74, 6) is -0.323. The summed E-state index contributed by atoms with van der Waals surface area (Å²) in [5.41, 5.74) is 0. The standard InChI is InChI=1S/C41H74O9/c1-3-5-7-9-11-13-15-17-19-21-23-25-27-29-31-47-33-35(34-48-41-40(46)39(45)38(44)36(32-42)50-41)49-37(43)30-28-26-24-22-20-18-16-14-12-10-8-6-4-2/h5,7,11,13,17,19,35-36,38-42,44-46H,3-4,6,8-10,12,14-16,18,20-34H2,1-2H3/b7-5-,13-11-,19-17-. The third kappa shape index (κ3) is 24.6. The predicted molar refractivity (Wildman–Crippen MR) is 201 cm³/mol. The van der Waals surface area contributed by atoms with Gasteiger partial charge in [0, 0.05) is 13.0 Å². The maximum Gasteiger partial charge on any atom is 0.306 e. The van der Waals surface area contributed by atoms with Crippen molar-refractivity contribution in [1.29, 1.82) is 0 Å². The maximum absolute atomic E-state index is 12.7. The van der Waals surface area contributed by atoms with Gasteiger partial charge >= 0.3 is 5.97 Å². The predicted octanol–water partition coefficient (Wildman–Crippen LogP) is 8.02. The largest absolute Gasteiger partial charge is 0.457 e. The molecule has 0 amide bonds. The number of carbonyl (C=O) groups is 1. The molecule has 9 heteroatoms. The molecule has 6 atom stereocenters. The quantitative estimate of drug-likeness (QED) is 0.0303. The first-order valence-corrected chi connectivity index (χ1v) is 20.1. The minimum absolute atomic E-state index is 0.121. The Kier molecular flexibility index (Phi) is 30.9. The van der Waals surface area contributed by atoms with E-state index >= 15 is 0 Å². The number of aliphatic hydroxyl groups is 4. The molecule has 292 valence electrons. The first-order chi connectivity index (χ1) is 24.4. The van der Waals surface area contributed by atoms with Crippen molar-refractivity contribution >= 4 is 5.97 Å². The Hall–Kier alpha value is -1.59. The zero-order chi connectivity index (χ0) is 36.5. The van der Waals surface area contributed by atoms with E-state index in [2.05, 4.69) is 50.3 Å². The molecule has 50 heavy (non-hydrogen) atoms. The van der Waals surface area contributed by atoms with Gasteiger partial charge in [0.25, 0.3) is 0 Å². The van der Waals surface area contributed by atoms with Crippen LogP contribution < -0.4 is 0 Å². The van der Waals surface area contributed by atoms with E-state index in [1.165, 1.54) is 64.2 Å². The van der Waals surface area contributed by atoms with Gasteiger partial charge in [0.15, 0.2) is 6.29 Å². The van der Waals surface area contributed by atoms with Crippen LogP contribution in [0.25, 0.3) is 0 Å². The molecule has 0 aromatic carbocycles. The normalized spacial score (nSPS) is 21.9. The van der Waals surface area contributed by atoms with Crippen LogP contribution in [0.2, 0.25) is 0 Å². The van der Waals surface area contributed by atoms with Crippen molar-refractivity contribution in [2.45, 2.75) is 192 Å². The van der Waals surface area contributed by atoms with Crippen LogP contribution >= 0.6 is 0 Å². The number of rotatable bonds is 33. The van der Waals surface area contributed by atoms with Crippen LogP contribution in [-0.2, 0) is 23.7 Å². The van der Waals surface area contributed by atoms with Gasteiger partial charge in [-0.05, 0) is 44.9 Å². The summed E-state index contributed by atoms with van der Waals surface area (Å²) in [4.78, 5) is 12.7. The minimum atomic E-state index is -1.54. The molecule has 9 nitrogen and oxygen atoms in total. The molecule has 0 bridgehead atoms. The Labute approximate surface area is 304 Å². The fourth-order valence-corrected chi connectivity index (χ4v) is 5.92. The van der Waals surface area contributed by atoms with Crippen molar-refractivity contribution in [2.24, 2.45) is 0 Å². The van der Waals surface area contributed by atoms with Crippen molar-refractivity contribution in [3.05, 3.63) is 36.5 Å². The highest BCUT2D eigenvalue weighted by Crippen LogP contribution is 2.22. The Balaban J connectivity index is 2.33. The van der Waals surface area contributed by atoms with Crippen molar-refractivity contribution in [3.8, 4) is 0 Å². The first kappa shape index (κ1) is 46.4. The molecule has 0 aromatic heterocycles. The molecule has 0 spiro atoms. The number of ether oxygens (including phenoxy) is 4. The molecule has 1 aliphatic rings. The summed E-state index contributed by atoms with van der Waals surface area (Å²) in [5, 5.41) is 40.0. The monoisotopic (exact) mass is 711 g/mol. The molecule has 0 aromatic rings. The molecule has 0 saturated carbocycles. The van der Waals surface area contributed by atoms with E-state index in [4.69, 9.17) is 18.9 Å². The van der Waals surface area contributed by atoms with Gasteiger partial charge < -0.3 is 39.4 Å². The molecule has 1 aliphatic heterocycles. The molecule has 1 fully saturated rings. The molecule has 0 radical (unpaired) electrons. The van der Waals surface area contributed by atoms with Crippen molar-refractivity contribution in [3.63, 3.8) is 0 Å². The number of carbonyl (C=O) groups excluding carboxylic acids is 1. The maximum atomic E-state index is 12.7. The smallest absolute Gasteiger partial charge is 0.306 e. The zero-order valence-corrected chi connectivity index (χ0v) is 31.6. The Morgan fingerprint density at radius 1 is 0.660 bits per heavy atom. The number of esters is 1. The Morgan fingerprint density at radius 2 is 1.22 bits per heavy atom. The highest BCUT2D eigenvalue weighted by atomic mass is 16.7. The van der Waals surface area contributed by atoms with Crippen molar-refractivity contribution in [1.82, 2.24) is 0 Å². The van der Waals surface area contributed by atoms with Crippen LogP contribution in [0.4, 0.5) is 0 Å². The molecule has 1 saturated heterocycles. The number of aliphatic hydroxyl groups excluding tert-OH is 4. The fraction of sp³-hybridized carbons (Fsp3) is 0.829. The second-order valence-electron chi connectivity index (χ2n) is 13.7. The van der Waals surface area contributed by atoms with E-state index in [0.29, 0.717) is 13.0 Å². The average Bonchev–Trinajstić information content (AvgIpc) is 3.11. The summed E-state index contributed by atoms with van der Waals surface area (Å²) in [6.07, 6.45) is 30.2. The summed E-state index contributed by atoms with van der Waals surface area (Å²) in [6, 6.07) is 0. The summed E-state index contributed by atoms with van der Waals surface area (Å²) in [6.45, 7) is 4.38. The SMILES string of the molecule is CC/C=C\C/C=C\C/C=C\CCCCCCOCC(COC1OC(CO)C(O)C(O)C1O)OC(=O)CCCCCCCCCCCCCCC. The lowest BCUT2D eigenvalue weighted by molar-refractivity contribution is -0.305. The molecular formula is C41H74O9. The van der Waals surface area contributed by atoms with Crippen LogP contribution in [0.5, 0.6) is 0 Å². The lowest BCUT2D eigenvalue weighted by atomic mass is 9.99. The fourth-order valence-electron chi connectivity index (χ4n) is 5.92. The van der Waals surface area contributed by atoms with Gasteiger partial charge in [-0.3, -0.25) is 4.79 Å². The summed E-state index contributed by atoms with van der Waals surface area (Å²) >= 11 is 0. The van der Waals surface area contributed by atoms with Crippen LogP contribution in [0.1, 0.15) is 155 Å². The number of hydrogen-bond acceptors (Lipinski definition) is 9. The summed E-state index contributed by atoms with van der Waals surface area (Å²) < 4.78 is 22.7. The van der Waals surface area contributed by atoms with Gasteiger partial charge in [-0.15, -0.1) is 0 Å². The molecule has 6 unspecified atom stereocenters. The van der Waals surface area contributed by atoms with E-state index in [0.717, 1.165) is 70.6 Å². The van der Waals surface area contributed by atoms with Crippen molar-refractivity contribution in [2.75, 3.05) is 26.4 Å². The van der Waals surface area contributed by atoms with E-state index in [1.54, 1.807) is 0 Å². The minimum Gasteiger partial charge on any atom is -0.457 e. The third-order valence-electron chi connectivity index (χ3n) is 9.07. The lowest BCUT2D eigenvalue weighted by Gasteiger charge is -2.39. The van der Waals surface area contributed by atoms with Gasteiger partial charge in [0.1, 0.15) is 30.5 Å². The van der Waals surface area contributed by atoms with Gasteiger partial charge in [-0.1, -0.05) is 140 Å². The average molecular weight is 711 g/mol. The van der Waals surface area contributed by atoms with E-state index in [9.17, 15) is 25.2 Å². The van der Waals surface area contributed by atoms with Gasteiger partial charge in [-0.25, -0.2) is 0 Å². The highest BCUT2D eigenvalue weighted by Gasteiger charge is 2.44. The Morgan fingerprint density at radius 3 is 1.84 bits per heavy atom. The highest BCUT2D eigenvalue weighted by molar-refractivity contribution is 5.69. The molecular weight excluding hydrogens is 636 g/mol. The zero-order valence-electron chi connectivity index (χ0n) is 31.6. The summed E-state index contributed by atoms with van der Waals surface area (Å²) in [7, 11) is 0. The molecule has 1 heterocycles. The van der Waals surface area contributed by atoms with E-state index in [1.807, 2.05) is 0 Å². The molecule has 0 aliphatic carbocycles. The number of allylic oxidation sites excluding steroid dienone is 6. The van der Waals surface area contributed by atoms with Crippen LogP contribution in [0.15, 0.2) is 36.5 Å². The number of hydrogen-bond donors (Lipinski definition) is 4. The third-order valence-corrected chi connectivity index (χ3v) is 9.07. The molecule has 1 rings (SSSR count).